The molecule has 0 atom stereocenters. The van der Waals surface area contributed by atoms with E-state index in [-0.39, 0.29) is 0 Å². The van der Waals surface area contributed by atoms with Crippen LogP contribution in [0.1, 0.15) is 27.7 Å². The van der Waals surface area contributed by atoms with Gasteiger partial charge < -0.3 is 10.6 Å². The van der Waals surface area contributed by atoms with Crippen LogP contribution in [-0.4, -0.2) is 25.7 Å². The highest BCUT2D eigenvalue weighted by atomic mass is 15.0. The molecular formula is C12H24N2. The number of allylic oxidation sites excluding steroid dienone is 2. The summed E-state index contributed by atoms with van der Waals surface area (Å²) in [6, 6.07) is 0.577. The summed E-state index contributed by atoms with van der Waals surface area (Å²) in [5.74, 6) is 0. The molecule has 0 aromatic rings. The predicted octanol–water partition coefficient (Wildman–Crippen LogP) is 2.10. The van der Waals surface area contributed by atoms with Gasteiger partial charge in [-0.3, -0.25) is 0 Å². The molecular weight excluding hydrogens is 172 g/mol. The Morgan fingerprint density at radius 3 is 2.43 bits per heavy atom. The summed E-state index contributed by atoms with van der Waals surface area (Å²) < 4.78 is 0. The minimum Gasteiger partial charge on any atom is -0.313 e. The Balaban J connectivity index is 3.43. The molecule has 0 saturated carbocycles. The van der Waals surface area contributed by atoms with Crippen LogP contribution in [-0.2, 0) is 0 Å². The predicted molar refractivity (Wildman–Crippen MR) is 64.6 cm³/mol. The Kier molecular flexibility index (Phi) is 8.59. The standard InChI is InChI=1S/C12H24N2/c1-5-7-12(6-2)10-13-8-9-14-11(3)4/h5-7,11,13-14H,8-10H2,1-4H3/b7-5-,12-6+. The van der Waals surface area contributed by atoms with Crippen LogP contribution in [0.25, 0.3) is 0 Å². The fourth-order valence-electron chi connectivity index (χ4n) is 1.15. The second-order valence-corrected chi connectivity index (χ2v) is 3.65. The van der Waals surface area contributed by atoms with E-state index in [4.69, 9.17) is 0 Å². The first-order chi connectivity index (χ1) is 6.70. The lowest BCUT2D eigenvalue weighted by molar-refractivity contribution is 0.566. The molecule has 0 bridgehead atoms. The smallest absolute Gasteiger partial charge is 0.0202 e. The molecule has 0 aliphatic rings. The van der Waals surface area contributed by atoms with E-state index >= 15 is 0 Å². The Morgan fingerprint density at radius 2 is 1.93 bits per heavy atom. The molecule has 0 unspecified atom stereocenters. The Bertz CT molecular complexity index is 181. The van der Waals surface area contributed by atoms with Gasteiger partial charge in [-0.05, 0) is 19.4 Å². The van der Waals surface area contributed by atoms with Crippen molar-refractivity contribution in [1.29, 1.82) is 0 Å². The molecule has 0 aromatic heterocycles. The number of hydrogen-bond acceptors (Lipinski definition) is 2. The summed E-state index contributed by atoms with van der Waals surface area (Å²) in [7, 11) is 0. The highest BCUT2D eigenvalue weighted by Crippen LogP contribution is 1.93. The van der Waals surface area contributed by atoms with Gasteiger partial charge in [0.2, 0.25) is 0 Å². The van der Waals surface area contributed by atoms with E-state index < -0.39 is 0 Å². The topological polar surface area (TPSA) is 24.1 Å². The van der Waals surface area contributed by atoms with Crippen molar-refractivity contribution in [3.05, 3.63) is 23.8 Å². The lowest BCUT2D eigenvalue weighted by Gasteiger charge is -2.09. The van der Waals surface area contributed by atoms with Gasteiger partial charge in [0.15, 0.2) is 0 Å². The van der Waals surface area contributed by atoms with Crippen LogP contribution < -0.4 is 10.6 Å². The van der Waals surface area contributed by atoms with Crippen molar-refractivity contribution < 1.29 is 0 Å². The maximum absolute atomic E-state index is 3.39. The van der Waals surface area contributed by atoms with Gasteiger partial charge in [0.25, 0.3) is 0 Å². The van der Waals surface area contributed by atoms with Gasteiger partial charge in [-0.1, -0.05) is 32.1 Å². The van der Waals surface area contributed by atoms with Crippen molar-refractivity contribution in [3.8, 4) is 0 Å². The van der Waals surface area contributed by atoms with Gasteiger partial charge in [0.1, 0.15) is 0 Å². The van der Waals surface area contributed by atoms with E-state index in [0.717, 1.165) is 19.6 Å². The fraction of sp³-hybridized carbons (Fsp3) is 0.667. The van der Waals surface area contributed by atoms with Crippen LogP contribution in [0.2, 0.25) is 0 Å². The van der Waals surface area contributed by atoms with E-state index in [1.165, 1.54) is 5.57 Å². The summed E-state index contributed by atoms with van der Waals surface area (Å²) in [6.45, 7) is 11.5. The number of nitrogens with one attached hydrogen (secondary N) is 2. The van der Waals surface area contributed by atoms with Crippen LogP contribution in [0, 0.1) is 0 Å². The molecule has 0 rings (SSSR count). The number of hydrogen-bond donors (Lipinski definition) is 2. The molecule has 0 amide bonds. The monoisotopic (exact) mass is 196 g/mol. The van der Waals surface area contributed by atoms with Crippen LogP contribution in [0.3, 0.4) is 0 Å². The van der Waals surface area contributed by atoms with E-state index in [2.05, 4.69) is 49.6 Å². The lowest BCUT2D eigenvalue weighted by atomic mass is 10.2. The summed E-state index contributed by atoms with van der Waals surface area (Å²) in [6.07, 6.45) is 6.36. The molecule has 0 aliphatic carbocycles. The summed E-state index contributed by atoms with van der Waals surface area (Å²) in [5, 5.41) is 6.76. The van der Waals surface area contributed by atoms with Crippen molar-refractivity contribution in [1.82, 2.24) is 10.6 Å². The third-order valence-corrected chi connectivity index (χ3v) is 1.94. The molecule has 0 aromatic carbocycles. The van der Waals surface area contributed by atoms with Crippen molar-refractivity contribution in [2.45, 2.75) is 33.7 Å². The Morgan fingerprint density at radius 1 is 1.21 bits per heavy atom. The molecule has 0 spiro atoms. The minimum atomic E-state index is 0.577. The molecule has 2 N–H and O–H groups in total. The first-order valence-corrected chi connectivity index (χ1v) is 5.42. The molecule has 0 radical (unpaired) electrons. The van der Waals surface area contributed by atoms with Crippen LogP contribution in [0.4, 0.5) is 0 Å². The number of rotatable bonds is 7. The molecule has 0 fully saturated rings. The van der Waals surface area contributed by atoms with Gasteiger partial charge in [-0.2, -0.15) is 0 Å². The Hall–Kier alpha value is -0.600. The highest BCUT2D eigenvalue weighted by Gasteiger charge is 1.92. The molecule has 2 heteroatoms. The summed E-state index contributed by atoms with van der Waals surface area (Å²) in [4.78, 5) is 0. The second kappa shape index (κ2) is 8.97. The van der Waals surface area contributed by atoms with Gasteiger partial charge in [0.05, 0.1) is 0 Å². The van der Waals surface area contributed by atoms with E-state index in [1.807, 2.05) is 6.92 Å². The quantitative estimate of drug-likeness (QED) is 0.481. The molecule has 82 valence electrons. The summed E-state index contributed by atoms with van der Waals surface area (Å²) >= 11 is 0. The van der Waals surface area contributed by atoms with Gasteiger partial charge in [-0.25, -0.2) is 0 Å². The van der Waals surface area contributed by atoms with E-state index in [0.29, 0.717) is 6.04 Å². The maximum atomic E-state index is 3.39. The zero-order chi connectivity index (χ0) is 10.8. The first kappa shape index (κ1) is 13.4. The van der Waals surface area contributed by atoms with E-state index in [1.54, 1.807) is 0 Å². The van der Waals surface area contributed by atoms with Crippen molar-refractivity contribution in [3.63, 3.8) is 0 Å². The zero-order valence-electron chi connectivity index (χ0n) is 9.93. The van der Waals surface area contributed by atoms with Crippen LogP contribution in [0.15, 0.2) is 23.8 Å². The first-order valence-electron chi connectivity index (χ1n) is 5.42. The average molecular weight is 196 g/mol. The minimum absolute atomic E-state index is 0.577. The van der Waals surface area contributed by atoms with Crippen molar-refractivity contribution in [2.75, 3.05) is 19.6 Å². The molecule has 14 heavy (non-hydrogen) atoms. The van der Waals surface area contributed by atoms with Crippen LogP contribution in [0.5, 0.6) is 0 Å². The largest absolute Gasteiger partial charge is 0.313 e. The highest BCUT2D eigenvalue weighted by molar-refractivity contribution is 5.18. The SMILES string of the molecule is C/C=C\C(=C/C)CNCCNC(C)C. The van der Waals surface area contributed by atoms with E-state index in [9.17, 15) is 0 Å². The molecule has 0 saturated heterocycles. The summed E-state index contributed by atoms with van der Waals surface area (Å²) in [5.41, 5.74) is 1.34. The lowest BCUT2D eigenvalue weighted by Crippen LogP contribution is -2.32. The maximum Gasteiger partial charge on any atom is 0.0202 e. The third-order valence-electron chi connectivity index (χ3n) is 1.94. The zero-order valence-corrected chi connectivity index (χ0v) is 9.93. The molecule has 0 heterocycles. The normalized spacial score (nSPS) is 13.1. The average Bonchev–Trinajstić information content (AvgIpc) is 2.15. The van der Waals surface area contributed by atoms with Gasteiger partial charge >= 0.3 is 0 Å². The second-order valence-electron chi connectivity index (χ2n) is 3.65. The van der Waals surface area contributed by atoms with Crippen molar-refractivity contribution in [2.24, 2.45) is 0 Å². The van der Waals surface area contributed by atoms with Crippen LogP contribution >= 0.6 is 0 Å². The fourth-order valence-corrected chi connectivity index (χ4v) is 1.15. The molecule has 0 aliphatic heterocycles. The van der Waals surface area contributed by atoms with Gasteiger partial charge in [-0.15, -0.1) is 0 Å². The van der Waals surface area contributed by atoms with Crippen molar-refractivity contribution >= 4 is 0 Å². The molecule has 2 nitrogen and oxygen atoms in total. The van der Waals surface area contributed by atoms with Gasteiger partial charge in [0, 0.05) is 25.7 Å². The third kappa shape index (κ3) is 8.02. The Labute approximate surface area is 88.5 Å².